The molecule has 2 aromatic carbocycles. The standard InChI is InChI=1S/C21H25NO3/c1-15(2)22(14-18-8-5-4-7-16(18)3)21(23)17-9-10-19-20(13-17)25-12-6-11-24-19/h4-5,7-10,13,15H,6,11-12,14H2,1-3H3. The van der Waals surface area contributed by atoms with E-state index in [4.69, 9.17) is 9.47 Å². The summed E-state index contributed by atoms with van der Waals surface area (Å²) < 4.78 is 11.4. The summed E-state index contributed by atoms with van der Waals surface area (Å²) in [5.41, 5.74) is 2.99. The molecule has 0 N–H and O–H groups in total. The zero-order valence-corrected chi connectivity index (χ0v) is 15.1. The van der Waals surface area contributed by atoms with Gasteiger partial charge in [-0.25, -0.2) is 0 Å². The maximum atomic E-state index is 13.1. The fourth-order valence-corrected chi connectivity index (χ4v) is 2.92. The van der Waals surface area contributed by atoms with Crippen LogP contribution in [0.1, 0.15) is 41.8 Å². The molecule has 0 fully saturated rings. The maximum absolute atomic E-state index is 13.1. The van der Waals surface area contributed by atoms with Crippen molar-refractivity contribution in [1.29, 1.82) is 0 Å². The number of aryl methyl sites for hydroxylation is 1. The number of benzene rings is 2. The average molecular weight is 339 g/mol. The van der Waals surface area contributed by atoms with E-state index in [1.54, 1.807) is 6.07 Å². The van der Waals surface area contributed by atoms with E-state index in [1.807, 2.05) is 43.0 Å². The molecule has 3 rings (SSSR count). The van der Waals surface area contributed by atoms with Crippen molar-refractivity contribution in [3.05, 3.63) is 59.2 Å². The van der Waals surface area contributed by atoms with Gasteiger partial charge >= 0.3 is 0 Å². The first-order valence-electron chi connectivity index (χ1n) is 8.81. The van der Waals surface area contributed by atoms with Crippen molar-refractivity contribution in [1.82, 2.24) is 4.90 Å². The SMILES string of the molecule is Cc1ccccc1CN(C(=O)c1ccc2c(c1)OCCCO2)C(C)C. The molecule has 0 aliphatic carbocycles. The van der Waals surface area contributed by atoms with Crippen LogP contribution in [0, 0.1) is 6.92 Å². The second-order valence-corrected chi connectivity index (χ2v) is 6.67. The first kappa shape index (κ1) is 17.3. The number of amides is 1. The van der Waals surface area contributed by atoms with Crippen LogP contribution in [-0.4, -0.2) is 30.1 Å². The molecule has 1 aliphatic rings. The number of rotatable bonds is 4. The summed E-state index contributed by atoms with van der Waals surface area (Å²) in [5, 5.41) is 0. The molecular formula is C21H25NO3. The molecule has 0 spiro atoms. The van der Waals surface area contributed by atoms with Gasteiger partial charge in [0.15, 0.2) is 11.5 Å². The lowest BCUT2D eigenvalue weighted by atomic mass is 10.1. The number of fused-ring (bicyclic) bond motifs is 1. The Balaban J connectivity index is 1.86. The zero-order chi connectivity index (χ0) is 17.8. The third-order valence-corrected chi connectivity index (χ3v) is 4.48. The Hall–Kier alpha value is -2.49. The fourth-order valence-electron chi connectivity index (χ4n) is 2.92. The smallest absolute Gasteiger partial charge is 0.254 e. The van der Waals surface area contributed by atoms with Gasteiger partial charge in [0, 0.05) is 24.6 Å². The number of hydrogen-bond acceptors (Lipinski definition) is 3. The van der Waals surface area contributed by atoms with Gasteiger partial charge in [-0.2, -0.15) is 0 Å². The van der Waals surface area contributed by atoms with Gasteiger partial charge in [0.1, 0.15) is 0 Å². The Morgan fingerprint density at radius 2 is 1.80 bits per heavy atom. The van der Waals surface area contributed by atoms with Gasteiger partial charge < -0.3 is 14.4 Å². The molecule has 4 heteroatoms. The van der Waals surface area contributed by atoms with Crippen LogP contribution in [0.25, 0.3) is 0 Å². The topological polar surface area (TPSA) is 38.8 Å². The van der Waals surface area contributed by atoms with E-state index >= 15 is 0 Å². The van der Waals surface area contributed by atoms with Crippen molar-refractivity contribution in [2.24, 2.45) is 0 Å². The van der Waals surface area contributed by atoms with Crippen LogP contribution in [0.2, 0.25) is 0 Å². The molecule has 1 heterocycles. The Morgan fingerprint density at radius 1 is 1.08 bits per heavy atom. The van der Waals surface area contributed by atoms with Gasteiger partial charge in [0.25, 0.3) is 5.91 Å². The summed E-state index contributed by atoms with van der Waals surface area (Å²) in [4.78, 5) is 15.0. The number of carbonyl (C=O) groups excluding carboxylic acids is 1. The third-order valence-electron chi connectivity index (χ3n) is 4.48. The largest absolute Gasteiger partial charge is 0.490 e. The quantitative estimate of drug-likeness (QED) is 0.838. The van der Waals surface area contributed by atoms with Gasteiger partial charge in [0.2, 0.25) is 0 Å². The van der Waals surface area contributed by atoms with Crippen molar-refractivity contribution in [2.75, 3.05) is 13.2 Å². The molecule has 0 aromatic heterocycles. The fraction of sp³-hybridized carbons (Fsp3) is 0.381. The third kappa shape index (κ3) is 3.95. The van der Waals surface area contributed by atoms with E-state index < -0.39 is 0 Å². The van der Waals surface area contributed by atoms with Crippen molar-refractivity contribution in [3.8, 4) is 11.5 Å². The lowest BCUT2D eigenvalue weighted by molar-refractivity contribution is 0.0689. The Kier molecular flexibility index (Phi) is 5.27. The highest BCUT2D eigenvalue weighted by molar-refractivity contribution is 5.95. The molecule has 0 unspecified atom stereocenters. The highest BCUT2D eigenvalue weighted by Crippen LogP contribution is 2.31. The van der Waals surface area contributed by atoms with Gasteiger partial charge in [-0.3, -0.25) is 4.79 Å². The molecule has 0 saturated carbocycles. The summed E-state index contributed by atoms with van der Waals surface area (Å²) in [5.74, 6) is 1.38. The number of nitrogens with zero attached hydrogens (tertiary/aromatic N) is 1. The average Bonchev–Trinajstić information content (AvgIpc) is 2.85. The second kappa shape index (κ2) is 7.60. The molecule has 0 radical (unpaired) electrons. The summed E-state index contributed by atoms with van der Waals surface area (Å²) in [6.07, 6.45) is 0.851. The molecule has 1 amide bonds. The summed E-state index contributed by atoms with van der Waals surface area (Å²) in [6.45, 7) is 8.01. The molecule has 25 heavy (non-hydrogen) atoms. The van der Waals surface area contributed by atoms with Crippen LogP contribution < -0.4 is 9.47 Å². The minimum atomic E-state index is 0.00824. The first-order valence-corrected chi connectivity index (χ1v) is 8.81. The maximum Gasteiger partial charge on any atom is 0.254 e. The minimum absolute atomic E-state index is 0.00824. The molecule has 1 aliphatic heterocycles. The molecule has 0 saturated heterocycles. The van der Waals surface area contributed by atoms with Crippen LogP contribution in [0.3, 0.4) is 0 Å². The lowest BCUT2D eigenvalue weighted by Crippen LogP contribution is -2.36. The van der Waals surface area contributed by atoms with E-state index in [1.165, 1.54) is 11.1 Å². The Labute approximate surface area is 149 Å². The second-order valence-electron chi connectivity index (χ2n) is 6.67. The number of carbonyl (C=O) groups is 1. The van der Waals surface area contributed by atoms with Crippen LogP contribution in [0.15, 0.2) is 42.5 Å². The van der Waals surface area contributed by atoms with Gasteiger partial charge in [-0.05, 0) is 50.1 Å². The minimum Gasteiger partial charge on any atom is -0.490 e. The number of hydrogen-bond donors (Lipinski definition) is 0. The Morgan fingerprint density at radius 3 is 2.52 bits per heavy atom. The molecule has 4 nitrogen and oxygen atoms in total. The van der Waals surface area contributed by atoms with Crippen molar-refractivity contribution >= 4 is 5.91 Å². The zero-order valence-electron chi connectivity index (χ0n) is 15.1. The van der Waals surface area contributed by atoms with E-state index in [0.29, 0.717) is 36.8 Å². The van der Waals surface area contributed by atoms with Crippen LogP contribution in [-0.2, 0) is 6.54 Å². The van der Waals surface area contributed by atoms with Crippen molar-refractivity contribution in [2.45, 2.75) is 39.8 Å². The highest BCUT2D eigenvalue weighted by atomic mass is 16.5. The van der Waals surface area contributed by atoms with Crippen LogP contribution >= 0.6 is 0 Å². The summed E-state index contributed by atoms with van der Waals surface area (Å²) in [6, 6.07) is 13.7. The van der Waals surface area contributed by atoms with Gasteiger partial charge in [-0.15, -0.1) is 0 Å². The monoisotopic (exact) mass is 339 g/mol. The van der Waals surface area contributed by atoms with E-state index in [9.17, 15) is 4.79 Å². The molecule has 2 aromatic rings. The first-order chi connectivity index (χ1) is 12.1. The highest BCUT2D eigenvalue weighted by Gasteiger charge is 2.22. The summed E-state index contributed by atoms with van der Waals surface area (Å²) in [7, 11) is 0. The molecule has 0 bridgehead atoms. The summed E-state index contributed by atoms with van der Waals surface area (Å²) >= 11 is 0. The Bertz CT molecular complexity index is 755. The normalized spacial score (nSPS) is 13.4. The number of ether oxygens (including phenoxy) is 2. The van der Waals surface area contributed by atoms with E-state index in [2.05, 4.69) is 19.1 Å². The molecule has 132 valence electrons. The van der Waals surface area contributed by atoms with Crippen LogP contribution in [0.5, 0.6) is 11.5 Å². The van der Waals surface area contributed by atoms with Gasteiger partial charge in [-0.1, -0.05) is 24.3 Å². The van der Waals surface area contributed by atoms with Crippen molar-refractivity contribution < 1.29 is 14.3 Å². The van der Waals surface area contributed by atoms with Crippen molar-refractivity contribution in [3.63, 3.8) is 0 Å². The van der Waals surface area contributed by atoms with E-state index in [0.717, 1.165) is 6.42 Å². The van der Waals surface area contributed by atoms with Gasteiger partial charge in [0.05, 0.1) is 13.2 Å². The lowest BCUT2D eigenvalue weighted by Gasteiger charge is -2.28. The van der Waals surface area contributed by atoms with E-state index in [-0.39, 0.29) is 11.9 Å². The van der Waals surface area contributed by atoms with Crippen LogP contribution in [0.4, 0.5) is 0 Å². The predicted octanol–water partition coefficient (Wildman–Crippen LogP) is 4.21. The molecular weight excluding hydrogens is 314 g/mol. The molecule has 0 atom stereocenters. The predicted molar refractivity (Wildman–Crippen MR) is 98.2 cm³/mol.